The average molecular weight is 1370 g/mol. The summed E-state index contributed by atoms with van der Waals surface area (Å²) in [4.78, 5) is 114. The van der Waals surface area contributed by atoms with E-state index in [1.807, 2.05) is 67.0 Å². The lowest BCUT2D eigenvalue weighted by Gasteiger charge is -2.21. The Bertz CT molecular complexity index is 4240. The van der Waals surface area contributed by atoms with Crippen LogP contribution in [0.3, 0.4) is 0 Å². The molecule has 2 aromatic carbocycles. The number of nitrogens with one attached hydrogen (secondary N) is 1. The number of Topliss-reactive ketones (excluding diaryl/α,β-unsaturated/α-hetero) is 1. The van der Waals surface area contributed by atoms with E-state index >= 15 is 0 Å². The van der Waals surface area contributed by atoms with Gasteiger partial charge in [0.2, 0.25) is 0 Å². The molecule has 25 heteroatoms. The van der Waals surface area contributed by atoms with Gasteiger partial charge in [-0.1, -0.05) is 27.0 Å². The molecule has 4 aliphatic carbocycles. The molecule has 0 saturated heterocycles. The SMILES string of the molecule is C.C.CC(C)(C)OC(=O)Cn1[nH]c(=O)c2c1CCCC2.CCn1c(=O)c2c(n1CC(=O)C[C@@H](Cc1cc(F)cc(F)c1)c1ncccc1-c1ccc(F)c(C(N)=O)c1)CCCC2.CCn1c(=O)c2c(n1CC(=O)O)CCCC2.CCn1c(=O)c2c(n1CC(=O)OC(C)(C)C)CCCC2. The lowest BCUT2D eigenvalue weighted by Crippen LogP contribution is -2.30. The largest absolute Gasteiger partial charge is 0.480 e. The third kappa shape index (κ3) is 19.2. The van der Waals surface area contributed by atoms with Crippen LogP contribution in [0, 0.1) is 17.5 Å². The van der Waals surface area contributed by atoms with Crippen LogP contribution in [0.2, 0.25) is 0 Å². The lowest BCUT2D eigenvalue weighted by atomic mass is 9.86. The molecule has 0 unspecified atom stereocenters. The number of carbonyl (C=O) groups excluding carboxylic acids is 4. The van der Waals surface area contributed by atoms with Gasteiger partial charge in [0.25, 0.3) is 28.1 Å². The summed E-state index contributed by atoms with van der Waals surface area (Å²) >= 11 is 0. The van der Waals surface area contributed by atoms with Crippen molar-refractivity contribution >= 4 is 29.6 Å². The highest BCUT2D eigenvalue weighted by molar-refractivity contribution is 5.94. The van der Waals surface area contributed by atoms with Gasteiger partial charge in [0.05, 0.1) is 17.8 Å². The number of carbonyl (C=O) groups is 5. The molecule has 22 nitrogen and oxygen atoms in total. The van der Waals surface area contributed by atoms with Crippen molar-refractivity contribution in [3.8, 4) is 11.1 Å². The van der Waals surface area contributed by atoms with Crippen molar-refractivity contribution in [1.29, 1.82) is 0 Å². The molecular weight excluding hydrogens is 1270 g/mol. The summed E-state index contributed by atoms with van der Waals surface area (Å²) in [6.07, 6.45) is 16.2. The zero-order valence-electron chi connectivity index (χ0n) is 56.7. The number of hydrogen-bond acceptors (Lipinski definition) is 12. The van der Waals surface area contributed by atoms with Crippen LogP contribution in [-0.2, 0) is 132 Å². The van der Waals surface area contributed by atoms with Gasteiger partial charge in [-0.25, -0.2) is 13.2 Å². The number of pyridine rings is 1. The minimum atomic E-state index is -0.932. The smallest absolute Gasteiger partial charge is 0.328 e. The molecule has 4 N–H and O–H groups in total. The van der Waals surface area contributed by atoms with Gasteiger partial charge >= 0.3 is 17.9 Å². The summed E-state index contributed by atoms with van der Waals surface area (Å²) in [6.45, 7) is 18.3. The molecule has 98 heavy (non-hydrogen) atoms. The van der Waals surface area contributed by atoms with E-state index in [2.05, 4.69) is 10.1 Å². The number of halogens is 3. The second kappa shape index (κ2) is 34.0. The monoisotopic (exact) mass is 1360 g/mol. The second-order valence-corrected chi connectivity index (χ2v) is 26.8. The third-order valence-corrected chi connectivity index (χ3v) is 17.4. The normalized spacial score (nSPS) is 14.1. The van der Waals surface area contributed by atoms with Crippen molar-refractivity contribution in [2.24, 2.45) is 5.73 Å². The van der Waals surface area contributed by atoms with E-state index in [9.17, 15) is 56.3 Å². The molecule has 5 aromatic heterocycles. The first-order valence-electron chi connectivity index (χ1n) is 33.4. The lowest BCUT2D eigenvalue weighted by molar-refractivity contribution is -0.157. The highest BCUT2D eigenvalue weighted by Gasteiger charge is 2.30. The van der Waals surface area contributed by atoms with Crippen LogP contribution in [0.1, 0.15) is 208 Å². The molecule has 7 aromatic rings. The molecule has 0 spiro atoms. The van der Waals surface area contributed by atoms with Crippen LogP contribution in [0.15, 0.2) is 73.9 Å². The Labute approximate surface area is 569 Å². The number of aromatic amines is 1. The minimum Gasteiger partial charge on any atom is -0.480 e. The number of carboxylic acid groups (broad SMARTS) is 1. The Kier molecular flexibility index (Phi) is 27.0. The van der Waals surface area contributed by atoms with E-state index < -0.39 is 46.4 Å². The molecule has 0 bridgehead atoms. The number of rotatable bonds is 18. The Hall–Kier alpha value is -9.03. The van der Waals surface area contributed by atoms with E-state index in [1.165, 1.54) is 30.5 Å². The number of ketones is 1. The number of primary amides is 1. The first kappa shape index (κ1) is 78.0. The topological polar surface area (TPSA) is 282 Å². The number of nitrogens with two attached hydrogens (primary N) is 1. The van der Waals surface area contributed by atoms with Gasteiger partial charge in [0.15, 0.2) is 5.78 Å². The summed E-state index contributed by atoms with van der Waals surface area (Å²) < 4.78 is 64.9. The zero-order chi connectivity index (χ0) is 69.9. The number of esters is 2. The predicted octanol–water partition coefficient (Wildman–Crippen LogP) is 10.3. The minimum absolute atomic E-state index is 0. The van der Waals surface area contributed by atoms with Gasteiger partial charge in [-0.15, -0.1) is 0 Å². The number of ether oxygens (including phenoxy) is 2. The number of amides is 1. The van der Waals surface area contributed by atoms with Crippen LogP contribution in [0.5, 0.6) is 0 Å². The van der Waals surface area contributed by atoms with Crippen molar-refractivity contribution in [3.05, 3.63) is 175 Å². The molecular formula is C73H99F3N10O12. The van der Waals surface area contributed by atoms with Crippen molar-refractivity contribution < 1.29 is 51.7 Å². The number of H-pyrrole nitrogens is 1. The Morgan fingerprint density at radius 2 is 1.01 bits per heavy atom. The fraction of sp³-hybridized carbons (Fsp3) is 0.534. The molecule has 11 rings (SSSR count). The molecule has 0 saturated carbocycles. The Balaban J connectivity index is 0.000000226. The fourth-order valence-electron chi connectivity index (χ4n) is 13.5. The Morgan fingerprint density at radius 1 is 0.571 bits per heavy atom. The number of carboxylic acids is 1. The molecule has 1 amide bonds. The number of nitrogens with zero attached hydrogens (tertiary/aromatic N) is 8. The van der Waals surface area contributed by atoms with Crippen LogP contribution in [-0.4, -0.2) is 88.8 Å². The van der Waals surface area contributed by atoms with Crippen LogP contribution >= 0.6 is 0 Å². The van der Waals surface area contributed by atoms with Crippen LogP contribution < -0.4 is 28.0 Å². The first-order valence-corrected chi connectivity index (χ1v) is 33.4. The highest BCUT2D eigenvalue weighted by Crippen LogP contribution is 2.34. The summed E-state index contributed by atoms with van der Waals surface area (Å²) in [5, 5.41) is 11.6. The second-order valence-electron chi connectivity index (χ2n) is 26.8. The van der Waals surface area contributed by atoms with E-state index in [-0.39, 0.29) is 99.4 Å². The number of hydrogen-bond donors (Lipinski definition) is 3. The standard InChI is InChI=1S/C32H31F3N4O3.C15H24N2O3.C13H20N2O3.C11H16N2O3.2CH4/c1-2-38-32(42)26-6-3-4-8-29(26)39(38)18-24(40)15-21(12-19-13-22(33)17-23(34)14-19)30-25(7-5-11-37-30)20-9-10-28(35)27(16-20)31(36)41;1-5-16-14(19)11-8-6-7-9-12(11)17(16)10-13(18)20-15(2,3)4;1-13(2,3)18-11(16)8-15-10-7-5-4-6-9(10)12(17)14-15;1-2-12-11(16)8-5-3-4-6-9(8)13(12)7-10(14)15;;/h5,7,9-11,13-14,16-17,21H,2-4,6,8,12,15,18H2,1H3,(H2,36,41);5-10H2,1-4H3;4-8H2,1-3H3,(H,14,17);2-7H2,1H3,(H,14,15);2*1H4/t21-;;;;;/m1...../s1. The predicted molar refractivity (Wildman–Crippen MR) is 368 cm³/mol. The summed E-state index contributed by atoms with van der Waals surface area (Å²) in [7, 11) is 0. The van der Waals surface area contributed by atoms with Crippen molar-refractivity contribution in [3.63, 3.8) is 0 Å². The molecule has 5 heterocycles. The first-order chi connectivity index (χ1) is 45.5. The summed E-state index contributed by atoms with van der Waals surface area (Å²) in [6, 6.07) is 10.5. The maximum atomic E-state index is 14.3. The van der Waals surface area contributed by atoms with Gasteiger partial charge < -0.3 is 20.3 Å². The Morgan fingerprint density at radius 3 is 1.47 bits per heavy atom. The van der Waals surface area contributed by atoms with E-state index in [0.717, 1.165) is 147 Å². The molecule has 0 aliphatic heterocycles. The fourth-order valence-corrected chi connectivity index (χ4v) is 13.5. The number of benzene rings is 2. The third-order valence-electron chi connectivity index (χ3n) is 17.4. The van der Waals surface area contributed by atoms with Crippen molar-refractivity contribution in [1.82, 2.24) is 42.9 Å². The summed E-state index contributed by atoms with van der Waals surface area (Å²) in [5.41, 5.74) is 12.9. The quantitative estimate of drug-likeness (QED) is 0.0675. The molecule has 0 fully saturated rings. The molecule has 1 atom stereocenters. The van der Waals surface area contributed by atoms with Gasteiger partial charge in [0.1, 0.15) is 48.3 Å². The molecule has 0 radical (unpaired) electrons. The zero-order valence-corrected chi connectivity index (χ0v) is 56.7. The number of aromatic nitrogens is 9. The van der Waals surface area contributed by atoms with Gasteiger partial charge in [-0.2, -0.15) is 0 Å². The van der Waals surface area contributed by atoms with Crippen LogP contribution in [0.4, 0.5) is 13.2 Å². The number of aliphatic carboxylic acids is 1. The van der Waals surface area contributed by atoms with E-state index in [0.29, 0.717) is 54.9 Å². The maximum Gasteiger partial charge on any atom is 0.328 e. The van der Waals surface area contributed by atoms with Gasteiger partial charge in [-0.3, -0.25) is 86.0 Å². The average Bonchev–Trinajstić information content (AvgIpc) is 1.65. The van der Waals surface area contributed by atoms with Crippen LogP contribution in [0.25, 0.3) is 11.1 Å². The van der Waals surface area contributed by atoms with E-state index in [1.54, 1.807) is 40.2 Å². The molecule has 4 aliphatic rings. The van der Waals surface area contributed by atoms with Gasteiger partial charge in [-0.05, 0) is 213 Å². The van der Waals surface area contributed by atoms with Gasteiger partial charge in [0, 0.05) is 94.8 Å². The maximum absolute atomic E-state index is 14.3. The highest BCUT2D eigenvalue weighted by atomic mass is 19.1. The number of fused-ring (bicyclic) bond motifs is 4. The van der Waals surface area contributed by atoms with Crippen molar-refractivity contribution in [2.45, 2.75) is 256 Å². The molecule has 534 valence electrons. The van der Waals surface area contributed by atoms with Crippen molar-refractivity contribution in [2.75, 3.05) is 0 Å². The summed E-state index contributed by atoms with van der Waals surface area (Å²) in [5.74, 6) is -5.51. The van der Waals surface area contributed by atoms with E-state index in [4.69, 9.17) is 20.3 Å².